The molecule has 5 rings (SSSR count). The molecule has 0 aromatic carbocycles. The van der Waals surface area contributed by atoms with E-state index in [9.17, 15) is 4.79 Å². The average molecular weight is 501 g/mol. The molecule has 0 spiro atoms. The van der Waals surface area contributed by atoms with Crippen LogP contribution in [0.2, 0.25) is 0 Å². The number of fused-ring (bicyclic) bond motifs is 5. The first-order chi connectivity index (χ1) is 17.1. The lowest BCUT2D eigenvalue weighted by molar-refractivity contribution is -0.210. The molecule has 0 radical (unpaired) electrons. The zero-order valence-corrected chi connectivity index (χ0v) is 23.9. The lowest BCUT2D eigenvalue weighted by Crippen LogP contribution is -2.58. The number of carbonyl (C=O) groups excluding carboxylic acids is 1. The van der Waals surface area contributed by atoms with Gasteiger partial charge in [-0.25, -0.2) is 0 Å². The maximum Gasteiger partial charge on any atom is 0.159 e. The molecule has 0 bridgehead atoms. The standard InChI is InChI=1S/C32H52O4/c1-7-21-11-12-24-29-25(13-14-31(21,24)5)32(6)22(19-26(29)33)18-23(36-28-10-8-9-16-35-28)20-27(32)34-17-15-30(2,3)4/h19,21,23-25,27-29H,7-18,20H2,1-6H3/t21-,23+,24-,25-,27?,28?,29-,31+,32-/m0/s1. The number of carbonyl (C=O) groups is 1. The SMILES string of the molecule is CC[C@H]1CC[C@H]2[C@@H]3C(=O)C=C4C[C@@H](OC5CCCCO5)CC(OCCC(C)(C)C)[C@]4(C)[C@H]3CC[C@]12C. The molecule has 204 valence electrons. The summed E-state index contributed by atoms with van der Waals surface area (Å²) in [6, 6.07) is 0. The van der Waals surface area contributed by atoms with E-state index in [1.807, 2.05) is 0 Å². The van der Waals surface area contributed by atoms with E-state index >= 15 is 0 Å². The Morgan fingerprint density at radius 3 is 2.58 bits per heavy atom. The summed E-state index contributed by atoms with van der Waals surface area (Å²) in [5.74, 6) is 2.27. The fraction of sp³-hybridized carbons (Fsp3) is 0.906. The molecule has 9 atom stereocenters. The third-order valence-corrected chi connectivity index (χ3v) is 11.3. The lowest BCUT2D eigenvalue weighted by Gasteiger charge is -2.59. The number of allylic oxidation sites excluding steroid dienone is 1. The van der Waals surface area contributed by atoms with Gasteiger partial charge in [-0.3, -0.25) is 4.79 Å². The summed E-state index contributed by atoms with van der Waals surface area (Å²) in [5.41, 5.74) is 1.80. The van der Waals surface area contributed by atoms with Gasteiger partial charge in [-0.15, -0.1) is 0 Å². The zero-order chi connectivity index (χ0) is 25.7. The van der Waals surface area contributed by atoms with Gasteiger partial charge in [0.25, 0.3) is 0 Å². The van der Waals surface area contributed by atoms with E-state index < -0.39 is 0 Å². The molecule has 4 fully saturated rings. The molecular weight excluding hydrogens is 448 g/mol. The van der Waals surface area contributed by atoms with Crippen LogP contribution in [0, 0.1) is 39.9 Å². The van der Waals surface area contributed by atoms with Crippen LogP contribution in [0.15, 0.2) is 11.6 Å². The van der Waals surface area contributed by atoms with Crippen molar-refractivity contribution in [1.29, 1.82) is 0 Å². The van der Waals surface area contributed by atoms with Crippen molar-refractivity contribution in [3.63, 3.8) is 0 Å². The quantitative estimate of drug-likeness (QED) is 0.379. The van der Waals surface area contributed by atoms with Gasteiger partial charge in [-0.2, -0.15) is 0 Å². The van der Waals surface area contributed by atoms with Crippen LogP contribution in [0.1, 0.15) is 112 Å². The summed E-state index contributed by atoms with van der Waals surface area (Å²) in [7, 11) is 0. The van der Waals surface area contributed by atoms with Crippen molar-refractivity contribution in [2.45, 2.75) is 131 Å². The molecule has 0 aromatic rings. The molecule has 1 aliphatic heterocycles. The van der Waals surface area contributed by atoms with E-state index in [0.717, 1.165) is 57.7 Å². The van der Waals surface area contributed by atoms with Crippen LogP contribution in [0.5, 0.6) is 0 Å². The summed E-state index contributed by atoms with van der Waals surface area (Å²) >= 11 is 0. The van der Waals surface area contributed by atoms with Crippen molar-refractivity contribution in [3.05, 3.63) is 11.6 Å². The van der Waals surface area contributed by atoms with Gasteiger partial charge in [0, 0.05) is 31.0 Å². The second-order valence-electron chi connectivity index (χ2n) is 14.5. The minimum atomic E-state index is -0.101. The van der Waals surface area contributed by atoms with E-state index in [1.54, 1.807) is 0 Å². The molecule has 0 aromatic heterocycles. The van der Waals surface area contributed by atoms with Crippen LogP contribution in [0.25, 0.3) is 0 Å². The second-order valence-corrected chi connectivity index (χ2v) is 14.5. The number of ketones is 1. The Balaban J connectivity index is 1.43. The molecule has 1 saturated heterocycles. The number of hydrogen-bond acceptors (Lipinski definition) is 4. The third-order valence-electron chi connectivity index (χ3n) is 11.3. The highest BCUT2D eigenvalue weighted by Crippen LogP contribution is 2.66. The number of hydrogen-bond donors (Lipinski definition) is 0. The van der Waals surface area contributed by atoms with E-state index in [1.165, 1.54) is 37.7 Å². The molecule has 4 aliphatic carbocycles. The Bertz CT molecular complexity index is 836. The van der Waals surface area contributed by atoms with E-state index in [4.69, 9.17) is 14.2 Å². The summed E-state index contributed by atoms with van der Waals surface area (Å²) in [6.07, 6.45) is 14.4. The first-order valence-corrected chi connectivity index (χ1v) is 15.2. The maximum atomic E-state index is 13.9. The van der Waals surface area contributed by atoms with Gasteiger partial charge in [-0.1, -0.05) is 53.5 Å². The molecule has 0 N–H and O–H groups in total. The van der Waals surface area contributed by atoms with E-state index in [0.29, 0.717) is 23.0 Å². The lowest BCUT2D eigenvalue weighted by atomic mass is 9.46. The topological polar surface area (TPSA) is 44.8 Å². The van der Waals surface area contributed by atoms with Gasteiger partial charge in [0.15, 0.2) is 12.1 Å². The minimum Gasteiger partial charge on any atom is -0.377 e. The molecule has 0 amide bonds. The maximum absolute atomic E-state index is 13.9. The van der Waals surface area contributed by atoms with Gasteiger partial charge >= 0.3 is 0 Å². The molecule has 2 unspecified atom stereocenters. The van der Waals surface area contributed by atoms with Gasteiger partial charge in [0.2, 0.25) is 0 Å². The number of rotatable bonds is 6. The summed E-state index contributed by atoms with van der Waals surface area (Å²) in [6.45, 7) is 15.7. The Hall–Kier alpha value is -0.710. The Morgan fingerprint density at radius 2 is 1.89 bits per heavy atom. The Labute approximate surface area is 220 Å². The zero-order valence-electron chi connectivity index (χ0n) is 23.9. The van der Waals surface area contributed by atoms with Crippen molar-refractivity contribution in [3.8, 4) is 0 Å². The Morgan fingerprint density at radius 1 is 1.08 bits per heavy atom. The van der Waals surface area contributed by atoms with Gasteiger partial charge in [0.05, 0.1) is 12.2 Å². The third kappa shape index (κ3) is 4.77. The van der Waals surface area contributed by atoms with Crippen molar-refractivity contribution in [1.82, 2.24) is 0 Å². The second kappa shape index (κ2) is 10.1. The Kier molecular flexibility index (Phi) is 7.55. The van der Waals surface area contributed by atoms with Gasteiger partial charge < -0.3 is 14.2 Å². The van der Waals surface area contributed by atoms with Crippen LogP contribution >= 0.6 is 0 Å². The fourth-order valence-corrected chi connectivity index (χ4v) is 9.07. The largest absolute Gasteiger partial charge is 0.377 e. The smallest absolute Gasteiger partial charge is 0.159 e. The van der Waals surface area contributed by atoms with E-state index in [-0.39, 0.29) is 35.2 Å². The molecule has 4 heteroatoms. The van der Waals surface area contributed by atoms with Crippen molar-refractivity contribution < 1.29 is 19.0 Å². The average Bonchev–Trinajstić information content (AvgIpc) is 3.16. The van der Waals surface area contributed by atoms with Crippen LogP contribution in [0.3, 0.4) is 0 Å². The van der Waals surface area contributed by atoms with Gasteiger partial charge in [0.1, 0.15) is 0 Å². The first-order valence-electron chi connectivity index (χ1n) is 15.2. The van der Waals surface area contributed by atoms with Crippen molar-refractivity contribution >= 4 is 5.78 Å². The number of ether oxygens (including phenoxy) is 3. The van der Waals surface area contributed by atoms with Crippen LogP contribution in [-0.4, -0.2) is 37.5 Å². The predicted molar refractivity (Wildman–Crippen MR) is 144 cm³/mol. The summed E-state index contributed by atoms with van der Waals surface area (Å²) in [5, 5.41) is 0. The molecule has 5 aliphatic rings. The summed E-state index contributed by atoms with van der Waals surface area (Å²) in [4.78, 5) is 13.9. The van der Waals surface area contributed by atoms with Gasteiger partial charge in [-0.05, 0) is 92.4 Å². The molecule has 1 heterocycles. The fourth-order valence-electron chi connectivity index (χ4n) is 9.07. The normalized spacial score (nSPS) is 45.0. The molecule has 3 saturated carbocycles. The van der Waals surface area contributed by atoms with Crippen LogP contribution in [0.4, 0.5) is 0 Å². The first kappa shape index (κ1) is 26.9. The van der Waals surface area contributed by atoms with Crippen molar-refractivity contribution in [2.24, 2.45) is 39.9 Å². The highest BCUT2D eigenvalue weighted by molar-refractivity contribution is 5.94. The predicted octanol–water partition coefficient (Wildman–Crippen LogP) is 7.50. The molecule has 36 heavy (non-hydrogen) atoms. The van der Waals surface area contributed by atoms with Crippen LogP contribution < -0.4 is 0 Å². The summed E-state index contributed by atoms with van der Waals surface area (Å²) < 4.78 is 19.3. The van der Waals surface area contributed by atoms with Crippen LogP contribution in [-0.2, 0) is 19.0 Å². The minimum absolute atomic E-state index is 0.0706. The van der Waals surface area contributed by atoms with Crippen molar-refractivity contribution in [2.75, 3.05) is 13.2 Å². The highest BCUT2D eigenvalue weighted by Gasteiger charge is 2.63. The highest BCUT2D eigenvalue weighted by atomic mass is 16.7. The van der Waals surface area contributed by atoms with E-state index in [2.05, 4.69) is 47.6 Å². The monoisotopic (exact) mass is 500 g/mol. The molecular formula is C32H52O4. The molecule has 4 nitrogen and oxygen atoms in total.